The molecule has 1 aliphatic heterocycles. The van der Waals surface area contributed by atoms with Crippen molar-refractivity contribution in [2.45, 2.75) is 39.2 Å². The Hall–Kier alpha value is -2.56. The fourth-order valence-electron chi connectivity index (χ4n) is 2.56. The molecule has 0 saturated carbocycles. The zero-order valence-electron chi connectivity index (χ0n) is 14.0. The van der Waals surface area contributed by atoms with Gasteiger partial charge in [0, 0.05) is 25.2 Å². The lowest BCUT2D eigenvalue weighted by Gasteiger charge is -2.29. The van der Waals surface area contributed by atoms with E-state index in [-0.39, 0.29) is 29.7 Å². The molecule has 8 nitrogen and oxygen atoms in total. The number of nitrogens with two attached hydrogens (primary N) is 1. The lowest BCUT2D eigenvalue weighted by molar-refractivity contribution is -0.141. The molecule has 1 atom stereocenters. The summed E-state index contributed by atoms with van der Waals surface area (Å²) in [6, 6.07) is 0.771. The fourth-order valence-corrected chi connectivity index (χ4v) is 2.56. The molecule has 132 valence electrons. The molecule has 0 aromatic rings. The molecule has 4 N–H and O–H groups in total. The van der Waals surface area contributed by atoms with Crippen LogP contribution in [0.4, 0.5) is 0 Å². The third-order valence-electron chi connectivity index (χ3n) is 3.92. The SMILES string of the molecule is CC(C)CC(NC(=O)/C(C#N)=C\N1CCC(C(N)=O)CC1)C(=O)O. The molecule has 0 aliphatic carbocycles. The van der Waals surface area contributed by atoms with Crippen LogP contribution in [0.15, 0.2) is 11.8 Å². The monoisotopic (exact) mass is 336 g/mol. The van der Waals surface area contributed by atoms with Gasteiger partial charge in [-0.25, -0.2) is 4.79 Å². The maximum atomic E-state index is 12.2. The van der Waals surface area contributed by atoms with Crippen LogP contribution >= 0.6 is 0 Å². The van der Waals surface area contributed by atoms with E-state index < -0.39 is 17.9 Å². The van der Waals surface area contributed by atoms with E-state index in [0.29, 0.717) is 25.9 Å². The standard InChI is InChI=1S/C16H24N4O4/c1-10(2)7-13(16(23)24)19-15(22)12(8-17)9-20-5-3-11(4-6-20)14(18)21/h9-11,13H,3-7H2,1-2H3,(H2,18,21)(H,19,22)(H,23,24)/b12-9-. The third kappa shape index (κ3) is 5.91. The van der Waals surface area contributed by atoms with Crippen LogP contribution in [0, 0.1) is 23.2 Å². The number of amides is 2. The number of carboxylic acid groups (broad SMARTS) is 1. The number of nitriles is 1. The summed E-state index contributed by atoms with van der Waals surface area (Å²) >= 11 is 0. The second kappa shape index (κ2) is 8.91. The van der Waals surface area contributed by atoms with Gasteiger partial charge in [-0.1, -0.05) is 13.8 Å². The van der Waals surface area contributed by atoms with E-state index in [2.05, 4.69) is 5.32 Å². The van der Waals surface area contributed by atoms with Gasteiger partial charge < -0.3 is 21.1 Å². The molecule has 0 aromatic heterocycles. The van der Waals surface area contributed by atoms with Crippen LogP contribution < -0.4 is 11.1 Å². The Morgan fingerprint density at radius 3 is 2.38 bits per heavy atom. The summed E-state index contributed by atoms with van der Waals surface area (Å²) in [5, 5.41) is 20.7. The van der Waals surface area contributed by atoms with Crippen LogP contribution in [0.25, 0.3) is 0 Å². The lowest BCUT2D eigenvalue weighted by Crippen LogP contribution is -2.42. The molecule has 8 heteroatoms. The van der Waals surface area contributed by atoms with E-state index in [0.717, 1.165) is 0 Å². The van der Waals surface area contributed by atoms with Gasteiger partial charge in [-0.05, 0) is 25.2 Å². The van der Waals surface area contributed by atoms with Crippen LogP contribution in [0.3, 0.4) is 0 Å². The topological polar surface area (TPSA) is 137 Å². The van der Waals surface area contributed by atoms with Gasteiger partial charge in [-0.3, -0.25) is 9.59 Å². The molecule has 1 aliphatic rings. The lowest BCUT2D eigenvalue weighted by atomic mass is 9.96. The van der Waals surface area contributed by atoms with Crippen molar-refractivity contribution >= 4 is 17.8 Å². The first-order valence-electron chi connectivity index (χ1n) is 7.93. The molecule has 0 bridgehead atoms. The summed E-state index contributed by atoms with van der Waals surface area (Å²) in [7, 11) is 0. The smallest absolute Gasteiger partial charge is 0.326 e. The Labute approximate surface area is 141 Å². The van der Waals surface area contributed by atoms with Crippen LogP contribution in [-0.4, -0.2) is 46.9 Å². The van der Waals surface area contributed by atoms with Crippen molar-refractivity contribution in [1.29, 1.82) is 5.26 Å². The van der Waals surface area contributed by atoms with Gasteiger partial charge in [0.2, 0.25) is 5.91 Å². The van der Waals surface area contributed by atoms with Gasteiger partial charge in [0.05, 0.1) is 0 Å². The van der Waals surface area contributed by atoms with Crippen molar-refractivity contribution in [2.24, 2.45) is 17.6 Å². The number of aliphatic carboxylic acids is 1. The first-order chi connectivity index (χ1) is 11.2. The molecule has 1 fully saturated rings. The Kier molecular flexibility index (Phi) is 7.24. The second-order valence-corrected chi connectivity index (χ2v) is 6.36. The predicted molar refractivity (Wildman–Crippen MR) is 86.2 cm³/mol. The van der Waals surface area contributed by atoms with E-state index in [1.54, 1.807) is 11.0 Å². The van der Waals surface area contributed by atoms with E-state index in [1.807, 2.05) is 13.8 Å². The largest absolute Gasteiger partial charge is 0.480 e. The van der Waals surface area contributed by atoms with Crippen molar-refractivity contribution in [3.8, 4) is 6.07 Å². The summed E-state index contributed by atoms with van der Waals surface area (Å²) in [5.41, 5.74) is 5.12. The number of likely N-dealkylation sites (tertiary alicyclic amines) is 1. The maximum absolute atomic E-state index is 12.2. The normalized spacial score (nSPS) is 17.2. The summed E-state index contributed by atoms with van der Waals surface area (Å²) < 4.78 is 0. The minimum atomic E-state index is -1.13. The van der Waals surface area contributed by atoms with Gasteiger partial charge in [0.25, 0.3) is 5.91 Å². The Bertz CT molecular complexity index is 557. The number of primary amides is 1. The van der Waals surface area contributed by atoms with E-state index in [1.165, 1.54) is 6.20 Å². The second-order valence-electron chi connectivity index (χ2n) is 6.36. The van der Waals surface area contributed by atoms with Crippen LogP contribution in [0.1, 0.15) is 33.1 Å². The number of nitrogens with one attached hydrogen (secondary N) is 1. The number of carboxylic acids is 1. The Morgan fingerprint density at radius 1 is 1.38 bits per heavy atom. The zero-order valence-corrected chi connectivity index (χ0v) is 14.0. The van der Waals surface area contributed by atoms with Crippen molar-refractivity contribution in [1.82, 2.24) is 10.2 Å². The van der Waals surface area contributed by atoms with Gasteiger partial charge in [-0.15, -0.1) is 0 Å². The average molecular weight is 336 g/mol. The molecule has 1 unspecified atom stereocenters. The minimum absolute atomic E-state index is 0.0914. The highest BCUT2D eigenvalue weighted by Gasteiger charge is 2.25. The van der Waals surface area contributed by atoms with Gasteiger partial charge >= 0.3 is 5.97 Å². The number of nitrogens with zero attached hydrogens (tertiary/aromatic N) is 2. The molecule has 24 heavy (non-hydrogen) atoms. The van der Waals surface area contributed by atoms with Gasteiger partial charge in [0.15, 0.2) is 0 Å². The first kappa shape index (κ1) is 19.5. The minimum Gasteiger partial charge on any atom is -0.480 e. The van der Waals surface area contributed by atoms with Crippen molar-refractivity contribution in [3.63, 3.8) is 0 Å². The number of hydrogen-bond acceptors (Lipinski definition) is 5. The molecule has 1 rings (SSSR count). The number of carbonyl (C=O) groups excluding carboxylic acids is 2. The van der Waals surface area contributed by atoms with Crippen LogP contribution in [-0.2, 0) is 14.4 Å². The highest BCUT2D eigenvalue weighted by atomic mass is 16.4. The molecular weight excluding hydrogens is 312 g/mol. The predicted octanol–water partition coefficient (Wildman–Crippen LogP) is 0.207. The van der Waals surface area contributed by atoms with E-state index in [4.69, 9.17) is 10.8 Å². The quantitative estimate of drug-likeness (QED) is 0.449. The molecule has 1 saturated heterocycles. The van der Waals surface area contributed by atoms with Crippen molar-refractivity contribution in [2.75, 3.05) is 13.1 Å². The fraction of sp³-hybridized carbons (Fsp3) is 0.625. The third-order valence-corrected chi connectivity index (χ3v) is 3.92. The first-order valence-corrected chi connectivity index (χ1v) is 7.93. The van der Waals surface area contributed by atoms with E-state index >= 15 is 0 Å². The molecule has 0 spiro atoms. The molecule has 2 amide bonds. The van der Waals surface area contributed by atoms with Gasteiger partial charge in [-0.2, -0.15) is 5.26 Å². The van der Waals surface area contributed by atoms with E-state index in [9.17, 15) is 19.6 Å². The highest BCUT2D eigenvalue weighted by Crippen LogP contribution is 2.17. The maximum Gasteiger partial charge on any atom is 0.326 e. The number of rotatable bonds is 7. The highest BCUT2D eigenvalue weighted by molar-refractivity contribution is 5.99. The molecule has 0 radical (unpaired) electrons. The van der Waals surface area contributed by atoms with Crippen LogP contribution in [0.5, 0.6) is 0 Å². The Balaban J connectivity index is 2.71. The average Bonchev–Trinajstić information content (AvgIpc) is 2.51. The summed E-state index contributed by atoms with van der Waals surface area (Å²) in [6.07, 6.45) is 2.83. The summed E-state index contributed by atoms with van der Waals surface area (Å²) in [5.74, 6) is -2.26. The van der Waals surface area contributed by atoms with Gasteiger partial charge in [0.1, 0.15) is 17.7 Å². The van der Waals surface area contributed by atoms with Crippen molar-refractivity contribution < 1.29 is 19.5 Å². The molecule has 0 aromatic carbocycles. The molecular formula is C16H24N4O4. The number of hydrogen-bond donors (Lipinski definition) is 3. The summed E-state index contributed by atoms with van der Waals surface area (Å²) in [6.45, 7) is 4.74. The summed E-state index contributed by atoms with van der Waals surface area (Å²) in [4.78, 5) is 36.3. The van der Waals surface area contributed by atoms with Crippen molar-refractivity contribution in [3.05, 3.63) is 11.8 Å². The zero-order chi connectivity index (χ0) is 18.3. The number of carbonyl (C=O) groups is 3. The Morgan fingerprint density at radius 2 is 1.96 bits per heavy atom. The van der Waals surface area contributed by atoms with Crippen LogP contribution in [0.2, 0.25) is 0 Å². The number of piperidine rings is 1. The molecule has 1 heterocycles.